The Morgan fingerprint density at radius 2 is 1.48 bits per heavy atom. The first-order valence-corrected chi connectivity index (χ1v) is 10.5. The number of likely N-dealkylation sites (N-methyl/N-ethyl adjacent to an activating group) is 1. The molecule has 0 bridgehead atoms. The van der Waals surface area contributed by atoms with E-state index in [1.54, 1.807) is 35.2 Å². The molecule has 0 N–H and O–H groups in total. The van der Waals surface area contributed by atoms with Crippen molar-refractivity contribution in [3.63, 3.8) is 0 Å². The summed E-state index contributed by atoms with van der Waals surface area (Å²) in [6, 6.07) is 17.6. The van der Waals surface area contributed by atoms with Crippen LogP contribution in [0.15, 0.2) is 65.6 Å². The predicted octanol–water partition coefficient (Wildman–Crippen LogP) is 1.65. The smallest absolute Gasteiger partial charge is 0.243 e. The monoisotopic (exact) mass is 387 g/mol. The third-order valence-corrected chi connectivity index (χ3v) is 6.56. The molecule has 0 unspecified atom stereocenters. The summed E-state index contributed by atoms with van der Waals surface area (Å²) >= 11 is 0. The summed E-state index contributed by atoms with van der Waals surface area (Å²) in [5.41, 5.74) is 0.850. The molecule has 1 aliphatic heterocycles. The maximum atomic E-state index is 13.2. The van der Waals surface area contributed by atoms with Gasteiger partial charge in [-0.15, -0.1) is 0 Å². The molecule has 144 valence electrons. The van der Waals surface area contributed by atoms with E-state index in [1.165, 1.54) is 4.31 Å². The molecule has 6 nitrogen and oxygen atoms in total. The first-order valence-electron chi connectivity index (χ1n) is 9.02. The molecule has 0 aromatic heterocycles. The molecule has 2 aromatic carbocycles. The molecule has 0 saturated carbocycles. The van der Waals surface area contributed by atoms with E-state index in [1.807, 2.05) is 37.4 Å². The van der Waals surface area contributed by atoms with Gasteiger partial charge in [-0.1, -0.05) is 48.5 Å². The second-order valence-corrected chi connectivity index (χ2v) is 8.69. The van der Waals surface area contributed by atoms with Crippen molar-refractivity contribution in [2.75, 3.05) is 39.8 Å². The lowest BCUT2D eigenvalue weighted by atomic mass is 10.2. The summed E-state index contributed by atoms with van der Waals surface area (Å²) in [6.07, 6.45) is 0. The van der Waals surface area contributed by atoms with Crippen LogP contribution in [0.5, 0.6) is 0 Å². The Labute approximate surface area is 161 Å². The Hall–Kier alpha value is -2.22. The largest absolute Gasteiger partial charge is 0.339 e. The van der Waals surface area contributed by atoms with E-state index >= 15 is 0 Å². The zero-order chi connectivity index (χ0) is 19.3. The molecule has 0 radical (unpaired) electrons. The van der Waals surface area contributed by atoms with Crippen molar-refractivity contribution in [1.29, 1.82) is 0 Å². The Morgan fingerprint density at radius 1 is 0.926 bits per heavy atom. The van der Waals surface area contributed by atoms with Crippen molar-refractivity contribution in [2.24, 2.45) is 0 Å². The van der Waals surface area contributed by atoms with Gasteiger partial charge in [-0.05, 0) is 24.7 Å². The molecule has 0 spiro atoms. The van der Waals surface area contributed by atoms with Gasteiger partial charge in [0, 0.05) is 32.7 Å². The van der Waals surface area contributed by atoms with E-state index in [2.05, 4.69) is 4.90 Å². The van der Waals surface area contributed by atoms with Gasteiger partial charge in [0.05, 0.1) is 11.4 Å². The van der Waals surface area contributed by atoms with Crippen LogP contribution in [0.25, 0.3) is 0 Å². The summed E-state index contributed by atoms with van der Waals surface area (Å²) in [4.78, 5) is 16.9. The molecule has 0 atom stereocenters. The molecule has 27 heavy (non-hydrogen) atoms. The maximum Gasteiger partial charge on any atom is 0.243 e. The lowest BCUT2D eigenvalue weighted by Crippen LogP contribution is -2.50. The Kier molecular flexibility index (Phi) is 6.26. The van der Waals surface area contributed by atoms with Gasteiger partial charge in [-0.3, -0.25) is 4.79 Å². The van der Waals surface area contributed by atoms with Crippen molar-refractivity contribution >= 4 is 15.9 Å². The fourth-order valence-corrected chi connectivity index (χ4v) is 4.46. The number of rotatable bonds is 6. The molecule has 1 saturated heterocycles. The number of benzene rings is 2. The summed E-state index contributed by atoms with van der Waals surface area (Å²) in [5, 5.41) is 0. The number of hydrogen-bond donors (Lipinski definition) is 0. The highest BCUT2D eigenvalue weighted by Gasteiger charge is 2.29. The zero-order valence-electron chi connectivity index (χ0n) is 15.5. The minimum Gasteiger partial charge on any atom is -0.339 e. The number of amides is 1. The maximum absolute atomic E-state index is 13.2. The van der Waals surface area contributed by atoms with Crippen molar-refractivity contribution < 1.29 is 13.2 Å². The Morgan fingerprint density at radius 3 is 2.07 bits per heavy atom. The van der Waals surface area contributed by atoms with Crippen LogP contribution in [-0.2, 0) is 21.4 Å². The highest BCUT2D eigenvalue weighted by Crippen LogP contribution is 2.18. The third-order valence-electron chi connectivity index (χ3n) is 4.75. The van der Waals surface area contributed by atoms with Gasteiger partial charge in [0.1, 0.15) is 0 Å². The van der Waals surface area contributed by atoms with Gasteiger partial charge in [-0.2, -0.15) is 4.31 Å². The lowest BCUT2D eigenvalue weighted by Gasteiger charge is -2.33. The fourth-order valence-electron chi connectivity index (χ4n) is 3.06. The zero-order valence-corrected chi connectivity index (χ0v) is 16.3. The average Bonchev–Trinajstić information content (AvgIpc) is 2.69. The molecule has 0 aliphatic carbocycles. The molecule has 1 amide bonds. The third kappa shape index (κ3) is 4.94. The highest BCUT2D eigenvalue weighted by atomic mass is 32.2. The minimum atomic E-state index is -3.77. The minimum absolute atomic E-state index is 0.154. The quantitative estimate of drug-likeness (QED) is 0.756. The van der Waals surface area contributed by atoms with E-state index in [-0.39, 0.29) is 23.9 Å². The lowest BCUT2D eigenvalue weighted by molar-refractivity contribution is -0.133. The molecule has 2 aromatic rings. The SMILES string of the molecule is CN1CCN(C(=O)CN(Cc2ccccc2)S(=O)(=O)c2ccccc2)CC1. The van der Waals surface area contributed by atoms with E-state index in [0.717, 1.165) is 18.7 Å². The first-order chi connectivity index (χ1) is 13.0. The van der Waals surface area contributed by atoms with E-state index in [9.17, 15) is 13.2 Å². The van der Waals surface area contributed by atoms with Gasteiger partial charge in [0.2, 0.25) is 15.9 Å². The molecule has 1 aliphatic rings. The molecule has 3 rings (SSSR count). The van der Waals surface area contributed by atoms with Crippen molar-refractivity contribution in [1.82, 2.24) is 14.1 Å². The van der Waals surface area contributed by atoms with Crippen LogP contribution >= 0.6 is 0 Å². The summed E-state index contributed by atoms with van der Waals surface area (Å²) in [7, 11) is -1.75. The van der Waals surface area contributed by atoms with Crippen LogP contribution in [-0.4, -0.2) is 68.2 Å². The predicted molar refractivity (Wildman–Crippen MR) is 105 cm³/mol. The number of hydrogen-bond acceptors (Lipinski definition) is 4. The molecular formula is C20H25N3O3S. The van der Waals surface area contributed by atoms with Gasteiger partial charge in [-0.25, -0.2) is 8.42 Å². The van der Waals surface area contributed by atoms with Crippen molar-refractivity contribution in [3.8, 4) is 0 Å². The summed E-state index contributed by atoms with van der Waals surface area (Å²) in [6.45, 7) is 2.86. The number of carbonyl (C=O) groups is 1. The molecule has 7 heteroatoms. The molecule has 1 heterocycles. The highest BCUT2D eigenvalue weighted by molar-refractivity contribution is 7.89. The first kappa shape index (κ1) is 19.5. The van der Waals surface area contributed by atoms with Crippen molar-refractivity contribution in [3.05, 3.63) is 66.2 Å². The fraction of sp³-hybridized carbons (Fsp3) is 0.350. The van der Waals surface area contributed by atoms with Crippen LogP contribution in [0.3, 0.4) is 0 Å². The summed E-state index contributed by atoms with van der Waals surface area (Å²) < 4.78 is 27.6. The van der Waals surface area contributed by atoms with Crippen molar-refractivity contribution in [2.45, 2.75) is 11.4 Å². The van der Waals surface area contributed by atoms with E-state index in [0.29, 0.717) is 13.1 Å². The number of carbonyl (C=O) groups excluding carboxylic acids is 1. The normalized spacial score (nSPS) is 15.9. The molecule has 1 fully saturated rings. The van der Waals surface area contributed by atoms with Gasteiger partial charge < -0.3 is 9.80 Å². The second-order valence-electron chi connectivity index (χ2n) is 6.76. The van der Waals surface area contributed by atoms with Crippen LogP contribution < -0.4 is 0 Å². The van der Waals surface area contributed by atoms with Crippen LogP contribution in [0.2, 0.25) is 0 Å². The number of piperazine rings is 1. The molecular weight excluding hydrogens is 362 g/mol. The average molecular weight is 388 g/mol. The van der Waals surface area contributed by atoms with Crippen LogP contribution in [0.4, 0.5) is 0 Å². The van der Waals surface area contributed by atoms with Gasteiger partial charge >= 0.3 is 0 Å². The second kappa shape index (κ2) is 8.65. The van der Waals surface area contributed by atoms with Crippen LogP contribution in [0.1, 0.15) is 5.56 Å². The van der Waals surface area contributed by atoms with Crippen LogP contribution in [0, 0.1) is 0 Å². The Balaban J connectivity index is 1.82. The van der Waals surface area contributed by atoms with E-state index in [4.69, 9.17) is 0 Å². The van der Waals surface area contributed by atoms with Gasteiger partial charge in [0.25, 0.3) is 0 Å². The topological polar surface area (TPSA) is 60.9 Å². The standard InChI is InChI=1S/C20H25N3O3S/c1-21-12-14-22(15-13-21)20(24)17-23(16-18-8-4-2-5-9-18)27(25,26)19-10-6-3-7-11-19/h2-11H,12-17H2,1H3. The Bertz CT molecular complexity index is 849. The number of sulfonamides is 1. The van der Waals surface area contributed by atoms with E-state index < -0.39 is 10.0 Å². The summed E-state index contributed by atoms with van der Waals surface area (Å²) in [5.74, 6) is -0.154. The number of nitrogens with zero attached hydrogens (tertiary/aromatic N) is 3. The van der Waals surface area contributed by atoms with Gasteiger partial charge in [0.15, 0.2) is 0 Å².